The maximum Gasteiger partial charge on any atom is 0.419 e. The summed E-state index contributed by atoms with van der Waals surface area (Å²) in [6.07, 6.45) is 0. The first-order valence-corrected chi connectivity index (χ1v) is 9.90. The standard InChI is InChI=1S/C23H19NO3S/c25-21-20(24-22(26)27-21)16-28-23(17-10-4-1-5-11-17,18-12-6-2-7-13-18)19-14-8-3-9-15-19/h1-15,25H,16H2,(H,24,26). The van der Waals surface area contributed by atoms with E-state index in [0.29, 0.717) is 11.4 Å². The molecule has 0 aliphatic heterocycles. The number of nitrogens with one attached hydrogen (secondary N) is 1. The van der Waals surface area contributed by atoms with E-state index < -0.39 is 10.5 Å². The summed E-state index contributed by atoms with van der Waals surface area (Å²) in [5, 5.41) is 9.93. The lowest BCUT2D eigenvalue weighted by Gasteiger charge is -2.35. The van der Waals surface area contributed by atoms with Crippen molar-refractivity contribution in [3.05, 3.63) is 124 Å². The Kier molecular flexibility index (Phi) is 5.08. The van der Waals surface area contributed by atoms with Crippen LogP contribution in [0.1, 0.15) is 22.4 Å². The van der Waals surface area contributed by atoms with E-state index in [1.165, 1.54) is 0 Å². The van der Waals surface area contributed by atoms with Crippen molar-refractivity contribution in [2.24, 2.45) is 0 Å². The molecule has 4 rings (SSSR count). The summed E-state index contributed by atoms with van der Waals surface area (Å²) in [5.41, 5.74) is 3.72. The van der Waals surface area contributed by atoms with Crippen LogP contribution in [0.2, 0.25) is 0 Å². The van der Waals surface area contributed by atoms with E-state index in [1.54, 1.807) is 11.8 Å². The summed E-state index contributed by atoms with van der Waals surface area (Å²) >= 11 is 1.62. The predicted octanol–water partition coefficient (Wildman–Crippen LogP) is 4.90. The molecular weight excluding hydrogens is 370 g/mol. The molecule has 0 amide bonds. The molecule has 4 nitrogen and oxygen atoms in total. The van der Waals surface area contributed by atoms with E-state index in [0.717, 1.165) is 16.7 Å². The van der Waals surface area contributed by atoms with Gasteiger partial charge in [-0.15, -0.1) is 11.8 Å². The van der Waals surface area contributed by atoms with Crippen molar-refractivity contribution in [1.82, 2.24) is 4.98 Å². The largest absolute Gasteiger partial charge is 0.479 e. The van der Waals surface area contributed by atoms with Gasteiger partial charge in [0, 0.05) is 5.75 Å². The molecule has 1 aromatic heterocycles. The Morgan fingerprint density at radius 3 is 1.57 bits per heavy atom. The third kappa shape index (κ3) is 3.37. The lowest BCUT2D eigenvalue weighted by atomic mass is 9.84. The van der Waals surface area contributed by atoms with Gasteiger partial charge in [0.05, 0.1) is 4.75 Å². The second kappa shape index (κ2) is 7.82. The van der Waals surface area contributed by atoms with Crippen molar-refractivity contribution < 1.29 is 9.52 Å². The summed E-state index contributed by atoms with van der Waals surface area (Å²) in [6, 6.07) is 30.7. The zero-order valence-corrected chi connectivity index (χ0v) is 15.9. The fourth-order valence-corrected chi connectivity index (χ4v) is 4.86. The van der Waals surface area contributed by atoms with Crippen LogP contribution in [0, 0.1) is 0 Å². The molecule has 0 atom stereocenters. The van der Waals surface area contributed by atoms with E-state index in [4.69, 9.17) is 4.42 Å². The second-order valence-corrected chi connectivity index (χ2v) is 7.56. The first-order chi connectivity index (χ1) is 13.7. The summed E-state index contributed by atoms with van der Waals surface area (Å²) in [7, 11) is 0. The zero-order valence-electron chi connectivity index (χ0n) is 15.0. The highest BCUT2D eigenvalue weighted by molar-refractivity contribution is 7.99. The Morgan fingerprint density at radius 2 is 1.21 bits per heavy atom. The van der Waals surface area contributed by atoms with Gasteiger partial charge in [-0.3, -0.25) is 4.98 Å². The number of H-pyrrole nitrogens is 1. The van der Waals surface area contributed by atoms with Gasteiger partial charge in [-0.25, -0.2) is 4.79 Å². The van der Waals surface area contributed by atoms with E-state index >= 15 is 0 Å². The number of hydrogen-bond acceptors (Lipinski definition) is 4. The van der Waals surface area contributed by atoms with Crippen LogP contribution < -0.4 is 5.76 Å². The smallest absolute Gasteiger partial charge is 0.419 e. The number of rotatable bonds is 6. The highest BCUT2D eigenvalue weighted by atomic mass is 32.2. The molecule has 0 saturated carbocycles. The highest BCUT2D eigenvalue weighted by Gasteiger charge is 2.37. The first kappa shape index (κ1) is 18.2. The molecule has 0 aliphatic rings. The predicted molar refractivity (Wildman–Crippen MR) is 111 cm³/mol. The maximum absolute atomic E-state index is 11.5. The molecule has 28 heavy (non-hydrogen) atoms. The van der Waals surface area contributed by atoms with Crippen LogP contribution in [0.25, 0.3) is 0 Å². The third-order valence-electron chi connectivity index (χ3n) is 4.67. The minimum atomic E-state index is -0.655. The van der Waals surface area contributed by atoms with Crippen LogP contribution in [0.5, 0.6) is 5.95 Å². The van der Waals surface area contributed by atoms with Crippen LogP contribution in [0.3, 0.4) is 0 Å². The van der Waals surface area contributed by atoms with E-state index in [2.05, 4.69) is 41.4 Å². The highest BCUT2D eigenvalue weighted by Crippen LogP contribution is 2.49. The van der Waals surface area contributed by atoms with Crippen molar-refractivity contribution in [3.63, 3.8) is 0 Å². The molecule has 0 saturated heterocycles. The Bertz CT molecular complexity index is 992. The number of hydrogen-bond donors (Lipinski definition) is 2. The maximum atomic E-state index is 11.5. The molecular formula is C23H19NO3S. The molecule has 5 heteroatoms. The van der Waals surface area contributed by atoms with Crippen LogP contribution in [-0.2, 0) is 10.5 Å². The Balaban J connectivity index is 1.90. The molecule has 0 unspecified atom stereocenters. The van der Waals surface area contributed by atoms with Gasteiger partial charge in [-0.05, 0) is 16.7 Å². The number of benzene rings is 3. The lowest BCUT2D eigenvalue weighted by Crippen LogP contribution is -2.25. The molecule has 0 spiro atoms. The fraction of sp³-hybridized carbons (Fsp3) is 0.0870. The van der Waals surface area contributed by atoms with Gasteiger partial charge in [0.25, 0.3) is 0 Å². The Morgan fingerprint density at radius 1 is 0.786 bits per heavy atom. The molecule has 0 fully saturated rings. The SMILES string of the molecule is O=c1[nH]c(CSC(c2ccccc2)(c2ccccc2)c2ccccc2)c(O)o1. The van der Waals surface area contributed by atoms with Crippen LogP contribution in [0.4, 0.5) is 0 Å². The fourth-order valence-electron chi connectivity index (χ4n) is 3.40. The number of aromatic amines is 1. The summed E-state index contributed by atoms with van der Waals surface area (Å²) in [6.45, 7) is 0. The number of aromatic hydroxyl groups is 1. The van der Waals surface area contributed by atoms with Gasteiger partial charge in [-0.2, -0.15) is 0 Å². The normalized spacial score (nSPS) is 11.4. The van der Waals surface area contributed by atoms with E-state index in [9.17, 15) is 9.90 Å². The van der Waals surface area contributed by atoms with Crippen molar-refractivity contribution in [1.29, 1.82) is 0 Å². The van der Waals surface area contributed by atoms with Gasteiger partial charge < -0.3 is 9.52 Å². The van der Waals surface area contributed by atoms with Gasteiger partial charge in [0.1, 0.15) is 5.69 Å². The monoisotopic (exact) mass is 389 g/mol. The number of oxazole rings is 1. The molecule has 0 bridgehead atoms. The number of aromatic nitrogens is 1. The Labute approximate surface area is 166 Å². The van der Waals surface area contributed by atoms with Crippen LogP contribution in [0.15, 0.2) is 100 Å². The molecule has 1 heterocycles. The number of thioether (sulfide) groups is 1. The molecule has 0 radical (unpaired) electrons. The first-order valence-electron chi connectivity index (χ1n) is 8.91. The molecule has 0 aliphatic carbocycles. The zero-order chi connectivity index (χ0) is 19.4. The van der Waals surface area contributed by atoms with Crippen molar-refractivity contribution in [2.75, 3.05) is 0 Å². The minimum absolute atomic E-state index is 0.361. The average Bonchev–Trinajstić information content (AvgIpc) is 3.08. The topological polar surface area (TPSA) is 66.2 Å². The van der Waals surface area contributed by atoms with Gasteiger partial charge >= 0.3 is 11.7 Å². The summed E-state index contributed by atoms with van der Waals surface area (Å²) < 4.78 is 4.20. The van der Waals surface area contributed by atoms with E-state index in [-0.39, 0.29) is 5.95 Å². The molecule has 140 valence electrons. The van der Waals surface area contributed by atoms with E-state index in [1.807, 2.05) is 54.6 Å². The van der Waals surface area contributed by atoms with Gasteiger partial charge in [-0.1, -0.05) is 91.0 Å². The third-order valence-corrected chi connectivity index (χ3v) is 6.25. The Hall–Kier alpha value is -3.18. The van der Waals surface area contributed by atoms with Crippen molar-refractivity contribution >= 4 is 11.8 Å². The van der Waals surface area contributed by atoms with Gasteiger partial charge in [0.2, 0.25) is 0 Å². The molecule has 4 aromatic rings. The second-order valence-electron chi connectivity index (χ2n) is 6.37. The van der Waals surface area contributed by atoms with Crippen molar-refractivity contribution in [3.8, 4) is 5.95 Å². The van der Waals surface area contributed by atoms with Crippen LogP contribution >= 0.6 is 11.8 Å². The quantitative estimate of drug-likeness (QED) is 0.460. The average molecular weight is 389 g/mol. The van der Waals surface area contributed by atoms with Gasteiger partial charge in [0.15, 0.2) is 0 Å². The molecule has 2 N–H and O–H groups in total. The summed E-state index contributed by atoms with van der Waals surface area (Å²) in [5.74, 6) is -0.644. The molecule has 3 aromatic carbocycles. The summed E-state index contributed by atoms with van der Waals surface area (Å²) in [4.78, 5) is 14.0. The minimum Gasteiger partial charge on any atom is -0.479 e. The van der Waals surface area contributed by atoms with Crippen LogP contribution in [-0.4, -0.2) is 10.1 Å². The lowest BCUT2D eigenvalue weighted by molar-refractivity contribution is 0.317. The van der Waals surface area contributed by atoms with Crippen molar-refractivity contribution in [2.45, 2.75) is 10.5 Å².